The Morgan fingerprint density at radius 2 is 1.75 bits per heavy atom. The molecule has 0 bridgehead atoms. The highest BCUT2D eigenvalue weighted by atomic mass is 32.2. The predicted octanol–water partition coefficient (Wildman–Crippen LogP) is 3.21. The smallest absolute Gasteiger partial charge is 0.255 e. The van der Waals surface area contributed by atoms with E-state index in [2.05, 4.69) is 12.2 Å². The Morgan fingerprint density at radius 1 is 1.12 bits per heavy atom. The van der Waals surface area contributed by atoms with Crippen LogP contribution >= 0.6 is 0 Å². The van der Waals surface area contributed by atoms with Crippen LogP contribution in [0, 0.1) is 6.92 Å². The summed E-state index contributed by atoms with van der Waals surface area (Å²) in [6.07, 6.45) is 2.09. The van der Waals surface area contributed by atoms with Crippen LogP contribution in [0.1, 0.15) is 28.4 Å². The highest BCUT2D eigenvalue weighted by Crippen LogP contribution is 2.22. The predicted molar refractivity (Wildman–Crippen MR) is 98.2 cm³/mol. The van der Waals surface area contributed by atoms with Crippen molar-refractivity contribution >= 4 is 27.3 Å². The SMILES string of the molecule is CCc1ccc(NC(=O)c2ccc(N(C)S(C)(=O)=O)c(C)c2)cc1. The van der Waals surface area contributed by atoms with Crippen molar-refractivity contribution in [1.82, 2.24) is 0 Å². The van der Waals surface area contributed by atoms with Gasteiger partial charge in [-0.05, 0) is 54.8 Å². The Balaban J connectivity index is 2.20. The highest BCUT2D eigenvalue weighted by molar-refractivity contribution is 7.92. The molecule has 0 aliphatic carbocycles. The number of amides is 1. The second-order valence-corrected chi connectivity index (χ2v) is 7.75. The van der Waals surface area contributed by atoms with Crippen LogP contribution in [0.2, 0.25) is 0 Å². The monoisotopic (exact) mass is 346 g/mol. The minimum atomic E-state index is -3.33. The van der Waals surface area contributed by atoms with Crippen LogP contribution in [-0.2, 0) is 16.4 Å². The molecule has 0 fully saturated rings. The summed E-state index contributed by atoms with van der Waals surface area (Å²) in [5.41, 5.74) is 3.69. The third-order valence-corrected chi connectivity index (χ3v) is 5.11. The first-order valence-corrected chi connectivity index (χ1v) is 9.52. The third-order valence-electron chi connectivity index (χ3n) is 3.92. The van der Waals surface area contributed by atoms with Gasteiger partial charge in [0.15, 0.2) is 0 Å². The molecule has 6 heteroatoms. The summed E-state index contributed by atoms with van der Waals surface area (Å²) in [6.45, 7) is 3.86. The molecule has 0 spiro atoms. The number of hydrogen-bond donors (Lipinski definition) is 1. The van der Waals surface area contributed by atoms with Gasteiger partial charge in [-0.25, -0.2) is 8.42 Å². The van der Waals surface area contributed by atoms with Crippen LogP contribution in [0.25, 0.3) is 0 Å². The van der Waals surface area contributed by atoms with E-state index in [4.69, 9.17) is 0 Å². The number of carbonyl (C=O) groups excluding carboxylic acids is 1. The zero-order valence-corrected chi connectivity index (χ0v) is 15.1. The molecule has 0 aliphatic heterocycles. The standard InChI is InChI=1S/C18H22N2O3S/c1-5-14-6-9-16(10-7-14)19-18(21)15-8-11-17(13(2)12-15)20(3)24(4,22)23/h6-12H,5H2,1-4H3,(H,19,21). The Kier molecular flexibility index (Phi) is 5.29. The molecule has 128 valence electrons. The van der Waals surface area contributed by atoms with Gasteiger partial charge < -0.3 is 5.32 Å². The second-order valence-electron chi connectivity index (χ2n) is 5.74. The minimum absolute atomic E-state index is 0.226. The molecule has 0 aromatic heterocycles. The van der Waals surface area contributed by atoms with E-state index in [1.165, 1.54) is 16.9 Å². The maximum Gasteiger partial charge on any atom is 0.255 e. The lowest BCUT2D eigenvalue weighted by Gasteiger charge is -2.19. The fraction of sp³-hybridized carbons (Fsp3) is 0.278. The van der Waals surface area contributed by atoms with E-state index in [1.807, 2.05) is 24.3 Å². The van der Waals surface area contributed by atoms with Gasteiger partial charge in [-0.15, -0.1) is 0 Å². The summed E-state index contributed by atoms with van der Waals surface area (Å²) < 4.78 is 24.5. The van der Waals surface area contributed by atoms with Crippen molar-refractivity contribution in [3.63, 3.8) is 0 Å². The van der Waals surface area contributed by atoms with Crippen LogP contribution in [0.4, 0.5) is 11.4 Å². The van der Waals surface area contributed by atoms with Crippen molar-refractivity contribution in [2.45, 2.75) is 20.3 Å². The van der Waals surface area contributed by atoms with E-state index < -0.39 is 10.0 Å². The van der Waals surface area contributed by atoms with Gasteiger partial charge in [-0.2, -0.15) is 0 Å². The Hall–Kier alpha value is -2.34. The topological polar surface area (TPSA) is 66.5 Å². The first kappa shape index (κ1) is 18.0. The van der Waals surface area contributed by atoms with Crippen molar-refractivity contribution in [2.75, 3.05) is 22.9 Å². The van der Waals surface area contributed by atoms with Gasteiger partial charge in [-0.3, -0.25) is 9.10 Å². The van der Waals surface area contributed by atoms with E-state index in [0.717, 1.165) is 23.9 Å². The van der Waals surface area contributed by atoms with Crippen molar-refractivity contribution in [1.29, 1.82) is 0 Å². The van der Waals surface area contributed by atoms with Crippen molar-refractivity contribution in [3.05, 3.63) is 59.2 Å². The molecule has 5 nitrogen and oxygen atoms in total. The van der Waals surface area contributed by atoms with E-state index in [1.54, 1.807) is 25.1 Å². The summed E-state index contributed by atoms with van der Waals surface area (Å²) in [7, 11) is -1.84. The van der Waals surface area contributed by atoms with Gasteiger partial charge in [-0.1, -0.05) is 19.1 Å². The molecule has 24 heavy (non-hydrogen) atoms. The molecule has 0 heterocycles. The quantitative estimate of drug-likeness (QED) is 0.904. The van der Waals surface area contributed by atoms with Crippen LogP contribution in [0.5, 0.6) is 0 Å². The molecule has 1 amide bonds. The fourth-order valence-corrected chi connectivity index (χ4v) is 2.92. The number of carbonyl (C=O) groups is 1. The van der Waals surface area contributed by atoms with Gasteiger partial charge in [0.2, 0.25) is 10.0 Å². The Labute approximate surface area is 143 Å². The number of nitrogens with zero attached hydrogens (tertiary/aromatic N) is 1. The average molecular weight is 346 g/mol. The molecule has 0 atom stereocenters. The summed E-state index contributed by atoms with van der Waals surface area (Å²) in [4.78, 5) is 12.4. The van der Waals surface area contributed by atoms with Crippen molar-refractivity contribution in [3.8, 4) is 0 Å². The van der Waals surface area contributed by atoms with Gasteiger partial charge in [0.1, 0.15) is 0 Å². The molecule has 0 unspecified atom stereocenters. The average Bonchev–Trinajstić information content (AvgIpc) is 2.54. The number of aryl methyl sites for hydroxylation is 2. The molecule has 2 aromatic carbocycles. The van der Waals surface area contributed by atoms with E-state index in [0.29, 0.717) is 11.3 Å². The van der Waals surface area contributed by atoms with E-state index in [-0.39, 0.29) is 5.91 Å². The number of nitrogens with one attached hydrogen (secondary N) is 1. The summed E-state index contributed by atoms with van der Waals surface area (Å²) in [5.74, 6) is -0.226. The number of sulfonamides is 1. The van der Waals surface area contributed by atoms with E-state index in [9.17, 15) is 13.2 Å². The van der Waals surface area contributed by atoms with E-state index >= 15 is 0 Å². The van der Waals surface area contributed by atoms with Gasteiger partial charge >= 0.3 is 0 Å². The van der Waals surface area contributed by atoms with Crippen LogP contribution in [0.3, 0.4) is 0 Å². The molecule has 1 N–H and O–H groups in total. The zero-order valence-electron chi connectivity index (χ0n) is 14.3. The summed E-state index contributed by atoms with van der Waals surface area (Å²) >= 11 is 0. The number of benzene rings is 2. The van der Waals surface area contributed by atoms with Crippen LogP contribution in [-0.4, -0.2) is 27.6 Å². The fourth-order valence-electron chi connectivity index (χ4n) is 2.36. The number of anilines is 2. The summed E-state index contributed by atoms with van der Waals surface area (Å²) in [6, 6.07) is 12.7. The molecule has 0 aliphatic rings. The molecular weight excluding hydrogens is 324 g/mol. The van der Waals surface area contributed by atoms with Crippen molar-refractivity contribution in [2.24, 2.45) is 0 Å². The molecule has 0 radical (unpaired) electrons. The Bertz CT molecular complexity index is 843. The highest BCUT2D eigenvalue weighted by Gasteiger charge is 2.16. The normalized spacial score (nSPS) is 11.2. The van der Waals surface area contributed by atoms with Gasteiger partial charge in [0.25, 0.3) is 5.91 Å². The minimum Gasteiger partial charge on any atom is -0.322 e. The Morgan fingerprint density at radius 3 is 2.25 bits per heavy atom. The molecule has 0 saturated heterocycles. The maximum absolute atomic E-state index is 12.4. The zero-order chi connectivity index (χ0) is 17.9. The van der Waals surface area contributed by atoms with Crippen molar-refractivity contribution < 1.29 is 13.2 Å². The van der Waals surface area contributed by atoms with Crippen LogP contribution < -0.4 is 9.62 Å². The number of rotatable bonds is 5. The lowest BCUT2D eigenvalue weighted by atomic mass is 10.1. The lowest BCUT2D eigenvalue weighted by Crippen LogP contribution is -2.25. The molecule has 0 saturated carbocycles. The van der Waals surface area contributed by atoms with Gasteiger partial charge in [0.05, 0.1) is 11.9 Å². The van der Waals surface area contributed by atoms with Gasteiger partial charge in [0, 0.05) is 18.3 Å². The molecule has 2 aromatic rings. The molecule has 2 rings (SSSR count). The summed E-state index contributed by atoms with van der Waals surface area (Å²) in [5, 5.41) is 2.84. The first-order chi connectivity index (χ1) is 11.2. The first-order valence-electron chi connectivity index (χ1n) is 7.67. The second kappa shape index (κ2) is 7.05. The lowest BCUT2D eigenvalue weighted by molar-refractivity contribution is 0.102. The molecular formula is C18H22N2O3S. The maximum atomic E-state index is 12.4. The number of hydrogen-bond acceptors (Lipinski definition) is 3. The third kappa shape index (κ3) is 4.14. The van der Waals surface area contributed by atoms with Crippen LogP contribution in [0.15, 0.2) is 42.5 Å². The largest absolute Gasteiger partial charge is 0.322 e.